The molecule has 1 N–H and O–H groups in total. The number of nitrogens with one attached hydrogen (secondary N) is 1. The SMILES string of the molecule is CCN(C(C)CN(C)C)S(=O)(=O)N1CCCC(CNC)C1. The summed E-state index contributed by atoms with van der Waals surface area (Å²) in [5.74, 6) is 0.418. The average molecular weight is 321 g/mol. The first kappa shape index (κ1) is 18.8. The summed E-state index contributed by atoms with van der Waals surface area (Å²) in [5.41, 5.74) is 0. The highest BCUT2D eigenvalue weighted by Crippen LogP contribution is 2.22. The Balaban J connectivity index is 2.81. The quantitative estimate of drug-likeness (QED) is 0.705. The zero-order valence-electron chi connectivity index (χ0n) is 14.2. The van der Waals surface area contributed by atoms with Gasteiger partial charge >= 0.3 is 0 Å². The Morgan fingerprint density at radius 2 is 2.05 bits per heavy atom. The molecule has 0 radical (unpaired) electrons. The molecular formula is C14H32N4O2S. The van der Waals surface area contributed by atoms with Crippen LogP contribution in [0.1, 0.15) is 26.7 Å². The Bertz CT molecular complexity index is 398. The van der Waals surface area contributed by atoms with Crippen LogP contribution in [0.2, 0.25) is 0 Å². The van der Waals surface area contributed by atoms with E-state index in [1.807, 2.05) is 39.9 Å². The van der Waals surface area contributed by atoms with E-state index >= 15 is 0 Å². The second-order valence-electron chi connectivity index (χ2n) is 6.25. The van der Waals surface area contributed by atoms with E-state index in [-0.39, 0.29) is 6.04 Å². The summed E-state index contributed by atoms with van der Waals surface area (Å²) in [6.45, 7) is 7.31. The van der Waals surface area contributed by atoms with E-state index in [1.54, 1.807) is 8.61 Å². The Morgan fingerprint density at radius 1 is 1.38 bits per heavy atom. The molecule has 1 aliphatic rings. The summed E-state index contributed by atoms with van der Waals surface area (Å²) in [6, 6.07) is -0.0142. The zero-order valence-corrected chi connectivity index (χ0v) is 15.0. The molecule has 0 amide bonds. The van der Waals surface area contributed by atoms with Gasteiger partial charge in [0.15, 0.2) is 0 Å². The van der Waals surface area contributed by atoms with Crippen molar-refractivity contribution in [2.45, 2.75) is 32.7 Å². The van der Waals surface area contributed by atoms with Crippen LogP contribution in [0.4, 0.5) is 0 Å². The van der Waals surface area contributed by atoms with Crippen molar-refractivity contribution in [2.24, 2.45) is 5.92 Å². The van der Waals surface area contributed by atoms with E-state index in [0.29, 0.717) is 25.6 Å². The molecule has 7 heteroatoms. The molecule has 2 atom stereocenters. The van der Waals surface area contributed by atoms with Crippen LogP contribution in [-0.4, -0.2) is 81.8 Å². The van der Waals surface area contributed by atoms with Crippen LogP contribution in [0.15, 0.2) is 0 Å². The number of hydrogen-bond acceptors (Lipinski definition) is 4. The van der Waals surface area contributed by atoms with E-state index < -0.39 is 10.2 Å². The van der Waals surface area contributed by atoms with Crippen molar-refractivity contribution >= 4 is 10.2 Å². The molecule has 1 fully saturated rings. The fourth-order valence-electron chi connectivity index (χ4n) is 3.16. The van der Waals surface area contributed by atoms with Crippen molar-refractivity contribution in [3.8, 4) is 0 Å². The van der Waals surface area contributed by atoms with Crippen LogP contribution in [0, 0.1) is 5.92 Å². The van der Waals surface area contributed by atoms with Gasteiger partial charge in [-0.05, 0) is 53.4 Å². The number of rotatable bonds is 8. The molecule has 1 rings (SSSR count). The van der Waals surface area contributed by atoms with Gasteiger partial charge in [-0.1, -0.05) is 6.92 Å². The van der Waals surface area contributed by atoms with E-state index in [0.717, 1.165) is 25.9 Å². The lowest BCUT2D eigenvalue weighted by atomic mass is 10.00. The van der Waals surface area contributed by atoms with Gasteiger partial charge in [0.1, 0.15) is 0 Å². The van der Waals surface area contributed by atoms with Gasteiger partial charge in [-0.3, -0.25) is 0 Å². The second-order valence-corrected chi connectivity index (χ2v) is 8.13. The van der Waals surface area contributed by atoms with Crippen molar-refractivity contribution in [2.75, 3.05) is 53.9 Å². The van der Waals surface area contributed by atoms with Crippen molar-refractivity contribution in [3.05, 3.63) is 0 Å². The Hall–Kier alpha value is -0.210. The summed E-state index contributed by atoms with van der Waals surface area (Å²) >= 11 is 0. The monoisotopic (exact) mass is 320 g/mol. The molecule has 126 valence electrons. The topological polar surface area (TPSA) is 55.9 Å². The minimum absolute atomic E-state index is 0.0142. The lowest BCUT2D eigenvalue weighted by molar-refractivity contribution is 0.220. The maximum atomic E-state index is 12.9. The lowest BCUT2D eigenvalue weighted by Gasteiger charge is -2.37. The van der Waals surface area contributed by atoms with Crippen LogP contribution in [0.25, 0.3) is 0 Å². The van der Waals surface area contributed by atoms with Gasteiger partial charge in [-0.15, -0.1) is 0 Å². The fourth-order valence-corrected chi connectivity index (χ4v) is 5.07. The standard InChI is InChI=1S/C14H32N4O2S/c1-6-18(13(2)11-16(4)5)21(19,20)17-9-7-8-14(12-17)10-15-3/h13-15H,6-12H2,1-5H3. The molecule has 0 aliphatic carbocycles. The summed E-state index contributed by atoms with van der Waals surface area (Å²) in [7, 11) is 2.51. The third-order valence-corrected chi connectivity index (χ3v) is 6.22. The van der Waals surface area contributed by atoms with Gasteiger partial charge in [-0.2, -0.15) is 17.0 Å². The molecule has 0 bridgehead atoms. The first-order valence-corrected chi connectivity index (χ1v) is 9.28. The van der Waals surface area contributed by atoms with Gasteiger partial charge in [0, 0.05) is 32.2 Å². The summed E-state index contributed by atoms with van der Waals surface area (Å²) in [6.07, 6.45) is 2.05. The maximum absolute atomic E-state index is 12.9. The first-order valence-electron chi connectivity index (χ1n) is 7.89. The molecule has 6 nitrogen and oxygen atoms in total. The van der Waals surface area contributed by atoms with E-state index in [2.05, 4.69) is 5.32 Å². The summed E-state index contributed by atoms with van der Waals surface area (Å²) < 4.78 is 29.1. The predicted molar refractivity (Wildman–Crippen MR) is 87.5 cm³/mol. The molecule has 0 spiro atoms. The third kappa shape index (κ3) is 5.17. The Labute approximate surface area is 130 Å². The smallest absolute Gasteiger partial charge is 0.282 e. The van der Waals surface area contributed by atoms with E-state index in [9.17, 15) is 8.42 Å². The number of piperidine rings is 1. The second kappa shape index (κ2) is 8.43. The molecule has 1 aliphatic heterocycles. The summed E-state index contributed by atoms with van der Waals surface area (Å²) in [4.78, 5) is 2.03. The highest BCUT2D eigenvalue weighted by molar-refractivity contribution is 7.86. The predicted octanol–water partition coefficient (Wildman–Crippen LogP) is 0.435. The minimum atomic E-state index is -3.36. The molecule has 1 heterocycles. The number of hydrogen-bond donors (Lipinski definition) is 1. The van der Waals surface area contributed by atoms with Crippen LogP contribution >= 0.6 is 0 Å². The molecule has 2 unspecified atom stereocenters. The molecule has 0 aromatic carbocycles. The highest BCUT2D eigenvalue weighted by Gasteiger charge is 2.35. The van der Waals surface area contributed by atoms with Gasteiger partial charge in [0.25, 0.3) is 10.2 Å². The molecule has 1 saturated heterocycles. The van der Waals surface area contributed by atoms with E-state index in [4.69, 9.17) is 0 Å². The van der Waals surface area contributed by atoms with Crippen LogP contribution in [0.5, 0.6) is 0 Å². The molecule has 0 aromatic rings. The lowest BCUT2D eigenvalue weighted by Crippen LogP contribution is -2.53. The van der Waals surface area contributed by atoms with Crippen molar-refractivity contribution < 1.29 is 8.42 Å². The fraction of sp³-hybridized carbons (Fsp3) is 1.00. The van der Waals surface area contributed by atoms with Gasteiger partial charge in [0.05, 0.1) is 0 Å². The number of nitrogens with zero attached hydrogens (tertiary/aromatic N) is 3. The van der Waals surface area contributed by atoms with Crippen molar-refractivity contribution in [1.29, 1.82) is 0 Å². The summed E-state index contributed by atoms with van der Waals surface area (Å²) in [5, 5.41) is 3.16. The molecular weight excluding hydrogens is 288 g/mol. The Morgan fingerprint density at radius 3 is 2.57 bits per heavy atom. The molecule has 21 heavy (non-hydrogen) atoms. The van der Waals surface area contributed by atoms with Crippen molar-refractivity contribution in [3.63, 3.8) is 0 Å². The van der Waals surface area contributed by atoms with Gasteiger partial charge in [-0.25, -0.2) is 0 Å². The van der Waals surface area contributed by atoms with Crippen LogP contribution in [-0.2, 0) is 10.2 Å². The largest absolute Gasteiger partial charge is 0.319 e. The average Bonchev–Trinajstić information content (AvgIpc) is 2.39. The van der Waals surface area contributed by atoms with Crippen LogP contribution < -0.4 is 5.32 Å². The third-order valence-electron chi connectivity index (χ3n) is 4.03. The first-order chi connectivity index (χ1) is 9.82. The highest BCUT2D eigenvalue weighted by atomic mass is 32.2. The normalized spacial score (nSPS) is 22.9. The van der Waals surface area contributed by atoms with Gasteiger partial charge in [0.2, 0.25) is 0 Å². The molecule has 0 aromatic heterocycles. The zero-order chi connectivity index (χ0) is 16.0. The van der Waals surface area contributed by atoms with E-state index in [1.165, 1.54) is 0 Å². The van der Waals surface area contributed by atoms with Crippen molar-refractivity contribution in [1.82, 2.24) is 18.8 Å². The minimum Gasteiger partial charge on any atom is -0.319 e. The van der Waals surface area contributed by atoms with Crippen LogP contribution in [0.3, 0.4) is 0 Å². The van der Waals surface area contributed by atoms with Gasteiger partial charge < -0.3 is 10.2 Å². The number of likely N-dealkylation sites (N-methyl/N-ethyl adjacent to an activating group) is 2. The maximum Gasteiger partial charge on any atom is 0.282 e. The molecule has 0 saturated carbocycles. The Kier molecular flexibility index (Phi) is 7.56.